The predicted octanol–water partition coefficient (Wildman–Crippen LogP) is 3.05. The molecule has 0 heterocycles. The predicted molar refractivity (Wildman–Crippen MR) is 56.1 cm³/mol. The fraction of sp³-hybridized carbons (Fsp3) is 0.900. The quantitative estimate of drug-likeness (QED) is 0.725. The topological polar surface area (TPSA) is 37.3 Å². The van der Waals surface area contributed by atoms with Crippen LogP contribution in [0.3, 0.4) is 0 Å². The van der Waals surface area contributed by atoms with Crippen LogP contribution in [0.5, 0.6) is 0 Å². The molecule has 1 aliphatic carbocycles. The van der Waals surface area contributed by atoms with Crippen LogP contribution >= 0.6 is 15.9 Å². The van der Waals surface area contributed by atoms with Gasteiger partial charge in [0.05, 0.1) is 5.41 Å². The molecule has 0 aromatic carbocycles. The maximum Gasteiger partial charge on any atom is 0.309 e. The van der Waals surface area contributed by atoms with E-state index in [9.17, 15) is 9.90 Å². The van der Waals surface area contributed by atoms with Gasteiger partial charge in [-0.25, -0.2) is 0 Å². The second-order valence-electron chi connectivity index (χ2n) is 4.86. The van der Waals surface area contributed by atoms with E-state index in [1.165, 1.54) is 0 Å². The Morgan fingerprint density at radius 1 is 1.46 bits per heavy atom. The summed E-state index contributed by atoms with van der Waals surface area (Å²) in [5.74, 6) is -0.656. The number of hydrogen-bond acceptors (Lipinski definition) is 1. The van der Waals surface area contributed by atoms with Crippen LogP contribution in [0.15, 0.2) is 0 Å². The highest BCUT2D eigenvalue weighted by atomic mass is 79.9. The minimum atomic E-state index is -0.656. The molecule has 1 rings (SSSR count). The van der Waals surface area contributed by atoms with Gasteiger partial charge < -0.3 is 5.11 Å². The van der Waals surface area contributed by atoms with Gasteiger partial charge in [-0.3, -0.25) is 4.79 Å². The summed E-state index contributed by atoms with van der Waals surface area (Å²) >= 11 is 3.57. The van der Waals surface area contributed by atoms with Crippen molar-refractivity contribution in [2.24, 2.45) is 10.8 Å². The zero-order valence-corrected chi connectivity index (χ0v) is 10.0. The molecule has 0 saturated heterocycles. The maximum atomic E-state index is 11.2. The first-order valence-electron chi connectivity index (χ1n) is 4.67. The van der Waals surface area contributed by atoms with E-state index in [0.29, 0.717) is 4.83 Å². The zero-order chi connectivity index (χ0) is 10.3. The fourth-order valence-electron chi connectivity index (χ4n) is 2.06. The summed E-state index contributed by atoms with van der Waals surface area (Å²) in [6.45, 7) is 5.97. The van der Waals surface area contributed by atoms with Crippen LogP contribution in [0.4, 0.5) is 0 Å². The smallest absolute Gasteiger partial charge is 0.309 e. The van der Waals surface area contributed by atoms with Crippen LogP contribution in [-0.2, 0) is 4.79 Å². The second-order valence-corrected chi connectivity index (χ2v) is 6.16. The van der Waals surface area contributed by atoms with E-state index in [1.54, 1.807) is 0 Å². The van der Waals surface area contributed by atoms with Gasteiger partial charge >= 0.3 is 5.97 Å². The largest absolute Gasteiger partial charge is 0.481 e. The van der Waals surface area contributed by atoms with Crippen molar-refractivity contribution in [3.05, 3.63) is 0 Å². The van der Waals surface area contributed by atoms with E-state index >= 15 is 0 Å². The first kappa shape index (κ1) is 11.0. The minimum absolute atomic E-state index is 0.120. The number of alkyl halides is 1. The molecule has 0 spiro atoms. The van der Waals surface area contributed by atoms with E-state index in [1.807, 2.05) is 6.92 Å². The van der Waals surface area contributed by atoms with Crippen molar-refractivity contribution in [2.45, 2.75) is 44.9 Å². The van der Waals surface area contributed by atoms with Gasteiger partial charge in [0.1, 0.15) is 0 Å². The molecule has 0 aliphatic heterocycles. The van der Waals surface area contributed by atoms with Crippen molar-refractivity contribution < 1.29 is 9.90 Å². The van der Waals surface area contributed by atoms with Crippen molar-refractivity contribution in [1.29, 1.82) is 0 Å². The van der Waals surface area contributed by atoms with Gasteiger partial charge in [0.25, 0.3) is 0 Å². The standard InChI is InChI=1S/C10H17BrO2/c1-9(2)6-7(11)4-5-10(9,3)8(12)13/h7H,4-6H2,1-3H3,(H,12,13)/t7-,10+/m1/s1. The first-order valence-corrected chi connectivity index (χ1v) is 5.59. The van der Waals surface area contributed by atoms with Gasteiger partial charge in [-0.15, -0.1) is 0 Å². The zero-order valence-electron chi connectivity index (χ0n) is 8.43. The van der Waals surface area contributed by atoms with Crippen LogP contribution in [-0.4, -0.2) is 15.9 Å². The summed E-state index contributed by atoms with van der Waals surface area (Å²) < 4.78 is 0. The molecule has 0 bridgehead atoms. The SMILES string of the molecule is CC1(C)C[C@H](Br)CC[C@@]1(C)C(=O)O. The van der Waals surface area contributed by atoms with Crippen LogP contribution in [0.25, 0.3) is 0 Å². The molecule has 0 radical (unpaired) electrons. The van der Waals surface area contributed by atoms with Crippen molar-refractivity contribution in [3.8, 4) is 0 Å². The lowest BCUT2D eigenvalue weighted by Crippen LogP contribution is -2.46. The van der Waals surface area contributed by atoms with Crippen molar-refractivity contribution in [2.75, 3.05) is 0 Å². The lowest BCUT2D eigenvalue weighted by Gasteiger charge is -2.46. The molecule has 0 amide bonds. The van der Waals surface area contributed by atoms with Crippen LogP contribution in [0.1, 0.15) is 40.0 Å². The van der Waals surface area contributed by atoms with Crippen molar-refractivity contribution >= 4 is 21.9 Å². The number of halogens is 1. The normalized spacial score (nSPS) is 38.6. The van der Waals surface area contributed by atoms with Crippen molar-refractivity contribution in [3.63, 3.8) is 0 Å². The molecule has 76 valence electrons. The summed E-state index contributed by atoms with van der Waals surface area (Å²) in [4.78, 5) is 11.7. The maximum absolute atomic E-state index is 11.2. The third kappa shape index (κ3) is 1.76. The van der Waals surface area contributed by atoms with Crippen molar-refractivity contribution in [1.82, 2.24) is 0 Å². The fourth-order valence-corrected chi connectivity index (χ4v) is 3.10. The number of carboxylic acids is 1. The van der Waals surface area contributed by atoms with Gasteiger partial charge in [-0.05, 0) is 31.6 Å². The Morgan fingerprint density at radius 2 is 2.00 bits per heavy atom. The summed E-state index contributed by atoms with van der Waals surface area (Å²) in [5.41, 5.74) is -0.678. The van der Waals surface area contributed by atoms with E-state index in [4.69, 9.17) is 0 Å². The second kappa shape index (κ2) is 3.26. The average Bonchev–Trinajstić information content (AvgIpc) is 1.96. The molecule has 1 aliphatic rings. The van der Waals surface area contributed by atoms with E-state index in [0.717, 1.165) is 19.3 Å². The highest BCUT2D eigenvalue weighted by Crippen LogP contribution is 2.51. The highest BCUT2D eigenvalue weighted by molar-refractivity contribution is 9.09. The Balaban J connectivity index is 2.92. The van der Waals surface area contributed by atoms with Gasteiger partial charge in [-0.1, -0.05) is 29.8 Å². The van der Waals surface area contributed by atoms with Crippen LogP contribution < -0.4 is 0 Å². The first-order chi connectivity index (χ1) is 5.79. The van der Waals surface area contributed by atoms with E-state index in [-0.39, 0.29) is 5.41 Å². The lowest BCUT2D eigenvalue weighted by atomic mass is 9.59. The van der Waals surface area contributed by atoms with Crippen LogP contribution in [0, 0.1) is 10.8 Å². The number of carboxylic acid groups (broad SMARTS) is 1. The molecular formula is C10H17BrO2. The highest BCUT2D eigenvalue weighted by Gasteiger charge is 2.50. The minimum Gasteiger partial charge on any atom is -0.481 e. The van der Waals surface area contributed by atoms with E-state index in [2.05, 4.69) is 29.8 Å². The monoisotopic (exact) mass is 248 g/mol. The molecule has 1 N–H and O–H groups in total. The summed E-state index contributed by atoms with van der Waals surface area (Å²) in [5, 5.41) is 9.20. The molecular weight excluding hydrogens is 232 g/mol. The van der Waals surface area contributed by atoms with Gasteiger partial charge in [0.15, 0.2) is 0 Å². The van der Waals surface area contributed by atoms with E-state index < -0.39 is 11.4 Å². The number of aliphatic carboxylic acids is 1. The summed E-state index contributed by atoms with van der Waals surface area (Å²) in [6.07, 6.45) is 2.67. The Labute approximate surface area is 87.8 Å². The lowest BCUT2D eigenvalue weighted by molar-refractivity contribution is -0.158. The summed E-state index contributed by atoms with van der Waals surface area (Å²) in [7, 11) is 0. The van der Waals surface area contributed by atoms with Gasteiger partial charge in [0, 0.05) is 4.83 Å². The molecule has 2 atom stereocenters. The van der Waals surface area contributed by atoms with Crippen LogP contribution in [0.2, 0.25) is 0 Å². The molecule has 0 unspecified atom stereocenters. The molecule has 3 heteroatoms. The molecule has 13 heavy (non-hydrogen) atoms. The number of carbonyl (C=O) groups is 1. The number of rotatable bonds is 1. The molecule has 0 aromatic heterocycles. The van der Waals surface area contributed by atoms with Gasteiger partial charge in [0.2, 0.25) is 0 Å². The Hall–Kier alpha value is -0.0500. The average molecular weight is 249 g/mol. The molecule has 2 nitrogen and oxygen atoms in total. The molecule has 1 saturated carbocycles. The summed E-state index contributed by atoms with van der Waals surface area (Å²) in [6, 6.07) is 0. The molecule has 0 aromatic rings. The third-order valence-electron chi connectivity index (χ3n) is 3.66. The molecule has 1 fully saturated rings. The number of hydrogen-bond donors (Lipinski definition) is 1. The van der Waals surface area contributed by atoms with Gasteiger partial charge in [-0.2, -0.15) is 0 Å². The Morgan fingerprint density at radius 3 is 2.38 bits per heavy atom. The third-order valence-corrected chi connectivity index (χ3v) is 4.44. The Bertz CT molecular complexity index is 225. The Kier molecular flexibility index (Phi) is 2.77.